The maximum atomic E-state index is 11.9. The van der Waals surface area contributed by atoms with Crippen molar-refractivity contribution in [3.63, 3.8) is 0 Å². The summed E-state index contributed by atoms with van der Waals surface area (Å²) in [6, 6.07) is 9.05. The highest BCUT2D eigenvalue weighted by molar-refractivity contribution is 5.96. The van der Waals surface area contributed by atoms with Crippen LogP contribution in [0.15, 0.2) is 54.3 Å². The lowest BCUT2D eigenvalue weighted by Gasteiger charge is -2.29. The number of hydrogen-bond donors (Lipinski definition) is 0. The second-order valence-corrected chi connectivity index (χ2v) is 4.87. The zero-order chi connectivity index (χ0) is 14.6. The molecule has 1 aliphatic heterocycles. The Morgan fingerprint density at radius 3 is 2.55 bits per heavy atom. The van der Waals surface area contributed by atoms with Gasteiger partial charge in [-0.1, -0.05) is 36.4 Å². The summed E-state index contributed by atoms with van der Waals surface area (Å²) < 4.78 is 10.4. The summed E-state index contributed by atoms with van der Waals surface area (Å²) in [7, 11) is 0. The molecular formula is C16H16O4. The number of rotatable bonds is 4. The Morgan fingerprint density at radius 2 is 1.90 bits per heavy atom. The van der Waals surface area contributed by atoms with Crippen LogP contribution in [-0.2, 0) is 14.3 Å². The van der Waals surface area contributed by atoms with Crippen molar-refractivity contribution in [3.05, 3.63) is 59.9 Å². The summed E-state index contributed by atoms with van der Waals surface area (Å²) in [5.41, 5.74) is 0.662. The van der Waals surface area contributed by atoms with Crippen molar-refractivity contribution in [1.29, 1.82) is 0 Å². The van der Waals surface area contributed by atoms with Crippen LogP contribution in [0.2, 0.25) is 0 Å². The molecule has 0 spiro atoms. The number of ketones is 1. The van der Waals surface area contributed by atoms with E-state index in [4.69, 9.17) is 9.47 Å². The lowest BCUT2D eigenvalue weighted by Crippen LogP contribution is -2.33. The van der Waals surface area contributed by atoms with Gasteiger partial charge >= 0.3 is 5.97 Å². The topological polar surface area (TPSA) is 52.6 Å². The average molecular weight is 272 g/mol. The second kappa shape index (κ2) is 5.74. The Kier molecular flexibility index (Phi) is 4.03. The van der Waals surface area contributed by atoms with Gasteiger partial charge < -0.3 is 9.47 Å². The molecule has 1 aliphatic rings. The number of Topliss-reactive ketones (excluding diaryl/α,β-unsaturated/α-hetero) is 1. The van der Waals surface area contributed by atoms with Crippen LogP contribution >= 0.6 is 0 Å². The van der Waals surface area contributed by atoms with E-state index in [1.165, 1.54) is 6.08 Å². The first-order valence-electron chi connectivity index (χ1n) is 6.35. The van der Waals surface area contributed by atoms with Gasteiger partial charge in [-0.2, -0.15) is 0 Å². The fraction of sp³-hybridized carbons (Fsp3) is 0.250. The molecule has 4 nitrogen and oxygen atoms in total. The van der Waals surface area contributed by atoms with Gasteiger partial charge in [-0.25, -0.2) is 4.79 Å². The van der Waals surface area contributed by atoms with E-state index in [1.54, 1.807) is 38.1 Å². The minimum Gasteiger partial charge on any atom is -0.453 e. The number of cyclic esters (lactones) is 1. The molecule has 104 valence electrons. The second-order valence-electron chi connectivity index (χ2n) is 4.87. The van der Waals surface area contributed by atoms with E-state index in [0.29, 0.717) is 11.3 Å². The molecule has 0 atom stereocenters. The highest BCUT2D eigenvalue weighted by Crippen LogP contribution is 2.22. The molecule has 0 saturated heterocycles. The first-order valence-corrected chi connectivity index (χ1v) is 6.35. The Labute approximate surface area is 117 Å². The van der Waals surface area contributed by atoms with Crippen molar-refractivity contribution in [2.24, 2.45) is 0 Å². The fourth-order valence-electron chi connectivity index (χ4n) is 1.83. The number of benzene rings is 1. The maximum absolute atomic E-state index is 11.9. The molecule has 1 heterocycles. The molecule has 0 unspecified atom stereocenters. The zero-order valence-corrected chi connectivity index (χ0v) is 11.5. The molecule has 20 heavy (non-hydrogen) atoms. The van der Waals surface area contributed by atoms with Crippen LogP contribution in [-0.4, -0.2) is 17.5 Å². The molecule has 1 aromatic rings. The van der Waals surface area contributed by atoms with Gasteiger partial charge in [0.2, 0.25) is 5.79 Å². The highest BCUT2D eigenvalue weighted by atomic mass is 16.7. The van der Waals surface area contributed by atoms with Gasteiger partial charge in [0, 0.05) is 25.8 Å². The Hall–Kier alpha value is -2.36. The van der Waals surface area contributed by atoms with Gasteiger partial charge in [-0.15, -0.1) is 0 Å². The third-order valence-corrected chi connectivity index (χ3v) is 2.65. The Morgan fingerprint density at radius 1 is 1.20 bits per heavy atom. The molecule has 0 amide bonds. The number of carbonyl (C=O) groups excluding carboxylic acids is 2. The van der Waals surface area contributed by atoms with Gasteiger partial charge in [0.05, 0.1) is 6.08 Å². The SMILES string of the molecule is CC1(C)OC(=O)C=C(/C=C/CC(=O)c2ccccc2)O1. The number of allylic oxidation sites excluding steroid dienone is 2. The van der Waals surface area contributed by atoms with Crippen molar-refractivity contribution in [2.45, 2.75) is 26.1 Å². The van der Waals surface area contributed by atoms with Crippen molar-refractivity contribution in [2.75, 3.05) is 0 Å². The smallest absolute Gasteiger partial charge is 0.337 e. The predicted octanol–water partition coefficient (Wildman–Crippen LogP) is 3.01. The molecule has 1 aromatic carbocycles. The molecule has 0 bridgehead atoms. The summed E-state index contributed by atoms with van der Waals surface area (Å²) >= 11 is 0. The Balaban J connectivity index is 1.97. The van der Waals surface area contributed by atoms with E-state index in [1.807, 2.05) is 18.2 Å². The van der Waals surface area contributed by atoms with Crippen molar-refractivity contribution in [3.8, 4) is 0 Å². The van der Waals surface area contributed by atoms with E-state index in [0.717, 1.165) is 0 Å². The van der Waals surface area contributed by atoms with E-state index < -0.39 is 11.8 Å². The Bertz CT molecular complexity index is 567. The van der Waals surface area contributed by atoms with Crippen molar-refractivity contribution in [1.82, 2.24) is 0 Å². The van der Waals surface area contributed by atoms with Crippen LogP contribution in [0.4, 0.5) is 0 Å². The summed E-state index contributed by atoms with van der Waals surface area (Å²) in [6.07, 6.45) is 4.80. The van der Waals surface area contributed by atoms with Gasteiger partial charge in [0.25, 0.3) is 0 Å². The summed E-state index contributed by atoms with van der Waals surface area (Å²) in [6.45, 7) is 3.31. The first-order chi connectivity index (χ1) is 9.46. The van der Waals surface area contributed by atoms with Gasteiger partial charge in [-0.3, -0.25) is 4.79 Å². The molecular weight excluding hydrogens is 256 g/mol. The third kappa shape index (κ3) is 3.82. The fourth-order valence-corrected chi connectivity index (χ4v) is 1.83. The van der Waals surface area contributed by atoms with E-state index >= 15 is 0 Å². The summed E-state index contributed by atoms with van der Waals surface area (Å²) in [5.74, 6) is -1.02. The van der Waals surface area contributed by atoms with E-state index in [2.05, 4.69) is 0 Å². The molecule has 0 saturated carbocycles. The molecule has 2 rings (SSSR count). The molecule has 0 aliphatic carbocycles. The minimum absolute atomic E-state index is 0.0140. The molecule has 4 heteroatoms. The predicted molar refractivity (Wildman–Crippen MR) is 73.9 cm³/mol. The van der Waals surface area contributed by atoms with Crippen molar-refractivity contribution >= 4 is 11.8 Å². The van der Waals surface area contributed by atoms with Crippen LogP contribution in [0.25, 0.3) is 0 Å². The van der Waals surface area contributed by atoms with Crippen LogP contribution in [0.1, 0.15) is 30.6 Å². The number of esters is 1. The van der Waals surface area contributed by atoms with E-state index in [9.17, 15) is 9.59 Å². The quantitative estimate of drug-likeness (QED) is 0.624. The number of hydrogen-bond acceptors (Lipinski definition) is 4. The first kappa shape index (κ1) is 14.1. The molecule has 0 fully saturated rings. The van der Waals surface area contributed by atoms with Crippen molar-refractivity contribution < 1.29 is 19.1 Å². The molecule has 0 radical (unpaired) electrons. The number of ether oxygens (including phenoxy) is 2. The maximum Gasteiger partial charge on any atom is 0.337 e. The van der Waals surface area contributed by atoms with Gasteiger partial charge in [-0.05, 0) is 6.08 Å². The minimum atomic E-state index is -0.977. The molecule has 0 aromatic heterocycles. The monoisotopic (exact) mass is 272 g/mol. The largest absolute Gasteiger partial charge is 0.453 e. The van der Waals surface area contributed by atoms with Crippen LogP contribution < -0.4 is 0 Å². The standard InChI is InChI=1S/C16H16O4/c1-16(2)19-13(11-15(18)20-16)9-6-10-14(17)12-7-4-3-5-8-12/h3-9,11H,10H2,1-2H3/b9-6+. The van der Waals surface area contributed by atoms with Gasteiger partial charge in [0.1, 0.15) is 5.76 Å². The van der Waals surface area contributed by atoms with E-state index in [-0.39, 0.29) is 12.2 Å². The zero-order valence-electron chi connectivity index (χ0n) is 11.5. The lowest BCUT2D eigenvalue weighted by atomic mass is 10.1. The normalized spacial score (nSPS) is 17.3. The van der Waals surface area contributed by atoms with Crippen LogP contribution in [0.3, 0.4) is 0 Å². The summed E-state index contributed by atoms with van der Waals surface area (Å²) in [4.78, 5) is 23.2. The number of carbonyl (C=O) groups is 2. The van der Waals surface area contributed by atoms with Crippen LogP contribution in [0, 0.1) is 0 Å². The van der Waals surface area contributed by atoms with Gasteiger partial charge in [0.15, 0.2) is 5.78 Å². The van der Waals surface area contributed by atoms with Crippen LogP contribution in [0.5, 0.6) is 0 Å². The third-order valence-electron chi connectivity index (χ3n) is 2.65. The average Bonchev–Trinajstić information content (AvgIpc) is 2.37. The molecule has 0 N–H and O–H groups in total. The highest BCUT2D eigenvalue weighted by Gasteiger charge is 2.28. The summed E-state index contributed by atoms with van der Waals surface area (Å²) in [5, 5.41) is 0. The lowest BCUT2D eigenvalue weighted by molar-refractivity contribution is -0.203.